The minimum absolute atomic E-state index is 0.00990. The highest BCUT2D eigenvalue weighted by Gasteiger charge is 2.21. The predicted molar refractivity (Wildman–Crippen MR) is 123 cm³/mol. The van der Waals surface area contributed by atoms with Crippen molar-refractivity contribution in [3.8, 4) is 0 Å². The van der Waals surface area contributed by atoms with Gasteiger partial charge in [0.15, 0.2) is 11.0 Å². The quantitative estimate of drug-likeness (QED) is 0.432. The Morgan fingerprint density at radius 2 is 1.97 bits per heavy atom. The summed E-state index contributed by atoms with van der Waals surface area (Å²) in [6.45, 7) is 6.13. The molecule has 0 saturated heterocycles. The molecule has 0 spiro atoms. The van der Waals surface area contributed by atoms with Crippen LogP contribution in [-0.2, 0) is 11.3 Å². The van der Waals surface area contributed by atoms with E-state index in [0.29, 0.717) is 28.1 Å². The van der Waals surface area contributed by atoms with Gasteiger partial charge in [0.25, 0.3) is 5.91 Å². The minimum Gasteiger partial charge on any atom is -0.353 e. The lowest BCUT2D eigenvalue weighted by Gasteiger charge is -2.22. The first kappa shape index (κ1) is 23.3. The van der Waals surface area contributed by atoms with Crippen LogP contribution in [-0.4, -0.2) is 38.4 Å². The maximum Gasteiger partial charge on any atom is 0.251 e. The van der Waals surface area contributed by atoms with Gasteiger partial charge in [-0.2, -0.15) is 0 Å². The molecule has 1 aromatic heterocycles. The number of hydrogen-bond acceptors (Lipinski definition) is 5. The molecule has 1 aliphatic carbocycles. The number of carbonyl (C=O) groups is 2. The van der Waals surface area contributed by atoms with Gasteiger partial charge in [-0.25, -0.2) is 0 Å². The van der Waals surface area contributed by atoms with Gasteiger partial charge in [-0.05, 0) is 44.0 Å². The molecule has 7 nitrogen and oxygen atoms in total. The lowest BCUT2D eigenvalue weighted by molar-refractivity contribution is -0.119. The Morgan fingerprint density at radius 3 is 2.65 bits per heavy atom. The van der Waals surface area contributed by atoms with Crippen molar-refractivity contribution in [3.63, 3.8) is 0 Å². The SMILES string of the molecule is C=CCn1c(SCC(=O)NC2CCCCC2)nnc1[C@@H](C)NC(=O)c1ccc(Cl)cc1. The number of rotatable bonds is 9. The van der Waals surface area contributed by atoms with Crippen LogP contribution in [0.4, 0.5) is 0 Å². The smallest absolute Gasteiger partial charge is 0.251 e. The molecule has 1 aromatic carbocycles. The Hall–Kier alpha value is -2.32. The van der Waals surface area contributed by atoms with Crippen molar-refractivity contribution >= 4 is 35.2 Å². The minimum atomic E-state index is -0.374. The highest BCUT2D eigenvalue weighted by Crippen LogP contribution is 2.22. The van der Waals surface area contributed by atoms with E-state index in [-0.39, 0.29) is 29.7 Å². The number of halogens is 1. The van der Waals surface area contributed by atoms with Crippen molar-refractivity contribution in [2.45, 2.75) is 62.8 Å². The number of carbonyl (C=O) groups excluding carboxylic acids is 2. The largest absolute Gasteiger partial charge is 0.353 e. The van der Waals surface area contributed by atoms with Gasteiger partial charge < -0.3 is 15.2 Å². The molecule has 31 heavy (non-hydrogen) atoms. The molecule has 2 N–H and O–H groups in total. The number of aromatic nitrogens is 3. The van der Waals surface area contributed by atoms with Crippen LogP contribution in [0.5, 0.6) is 0 Å². The van der Waals surface area contributed by atoms with Gasteiger partial charge in [0, 0.05) is 23.2 Å². The summed E-state index contributed by atoms with van der Waals surface area (Å²) in [5.74, 6) is 0.670. The van der Waals surface area contributed by atoms with Gasteiger partial charge in [-0.3, -0.25) is 9.59 Å². The van der Waals surface area contributed by atoms with Gasteiger partial charge in [0.1, 0.15) is 0 Å². The average molecular weight is 462 g/mol. The zero-order chi connectivity index (χ0) is 22.2. The number of benzene rings is 1. The van der Waals surface area contributed by atoms with Gasteiger partial charge in [0.2, 0.25) is 5.91 Å². The first-order valence-electron chi connectivity index (χ1n) is 10.5. The van der Waals surface area contributed by atoms with E-state index in [9.17, 15) is 9.59 Å². The highest BCUT2D eigenvalue weighted by atomic mass is 35.5. The molecule has 2 aromatic rings. The van der Waals surface area contributed by atoms with Crippen molar-refractivity contribution in [2.24, 2.45) is 0 Å². The van der Waals surface area contributed by atoms with E-state index in [4.69, 9.17) is 11.6 Å². The molecule has 1 heterocycles. The third-order valence-electron chi connectivity index (χ3n) is 5.20. The molecule has 1 saturated carbocycles. The maximum atomic E-state index is 12.5. The van der Waals surface area contributed by atoms with E-state index in [1.54, 1.807) is 30.3 Å². The van der Waals surface area contributed by atoms with Crippen molar-refractivity contribution in [1.82, 2.24) is 25.4 Å². The first-order chi connectivity index (χ1) is 15.0. The molecule has 166 valence electrons. The van der Waals surface area contributed by atoms with Crippen molar-refractivity contribution < 1.29 is 9.59 Å². The molecule has 9 heteroatoms. The summed E-state index contributed by atoms with van der Waals surface area (Å²) in [6, 6.07) is 6.60. The van der Waals surface area contributed by atoms with Crippen LogP contribution in [0.2, 0.25) is 5.02 Å². The highest BCUT2D eigenvalue weighted by molar-refractivity contribution is 7.99. The van der Waals surface area contributed by atoms with Gasteiger partial charge in [-0.15, -0.1) is 16.8 Å². The monoisotopic (exact) mass is 461 g/mol. The number of nitrogens with one attached hydrogen (secondary N) is 2. The summed E-state index contributed by atoms with van der Waals surface area (Å²) < 4.78 is 1.87. The van der Waals surface area contributed by atoms with Crippen molar-refractivity contribution in [1.29, 1.82) is 0 Å². The molecule has 0 radical (unpaired) electrons. The molecule has 3 rings (SSSR count). The van der Waals surface area contributed by atoms with Crippen LogP contribution in [0.15, 0.2) is 42.1 Å². The lowest BCUT2D eigenvalue weighted by Crippen LogP contribution is -2.37. The second-order valence-electron chi connectivity index (χ2n) is 7.63. The second-order valence-corrected chi connectivity index (χ2v) is 9.01. The summed E-state index contributed by atoms with van der Waals surface area (Å²) in [5, 5.41) is 15.8. The zero-order valence-corrected chi connectivity index (χ0v) is 19.2. The number of nitrogens with zero attached hydrogens (tertiary/aromatic N) is 3. The molecule has 0 aliphatic heterocycles. The summed E-state index contributed by atoms with van der Waals surface area (Å²) >= 11 is 7.23. The Morgan fingerprint density at radius 1 is 1.26 bits per heavy atom. The number of thioether (sulfide) groups is 1. The fourth-order valence-electron chi connectivity index (χ4n) is 3.62. The molecular weight excluding hydrogens is 434 g/mol. The molecule has 1 atom stereocenters. The first-order valence-corrected chi connectivity index (χ1v) is 11.9. The number of amides is 2. The fourth-order valence-corrected chi connectivity index (χ4v) is 4.51. The predicted octanol–water partition coefficient (Wildman–Crippen LogP) is 4.15. The third-order valence-corrected chi connectivity index (χ3v) is 6.42. The van der Waals surface area contributed by atoms with Gasteiger partial charge in [0.05, 0.1) is 11.8 Å². The lowest BCUT2D eigenvalue weighted by atomic mass is 9.95. The van der Waals surface area contributed by atoms with Crippen LogP contribution in [0, 0.1) is 0 Å². The standard InChI is InChI=1S/C22H28ClN5O2S/c1-3-13-28-20(15(2)24-21(30)16-9-11-17(23)12-10-16)26-27-22(28)31-14-19(29)25-18-7-5-4-6-8-18/h3,9-12,15,18H,1,4-8,13-14H2,2H3,(H,24,30)(H,25,29)/t15-/m1/s1. The van der Waals surface area contributed by atoms with Gasteiger partial charge >= 0.3 is 0 Å². The Balaban J connectivity index is 1.61. The fraction of sp³-hybridized carbons (Fsp3) is 0.455. The van der Waals surface area contributed by atoms with Crippen LogP contribution < -0.4 is 10.6 Å². The Labute approximate surface area is 192 Å². The topological polar surface area (TPSA) is 88.9 Å². The van der Waals surface area contributed by atoms with Crippen LogP contribution >= 0.6 is 23.4 Å². The third kappa shape index (κ3) is 6.58. The van der Waals surface area contributed by atoms with E-state index < -0.39 is 0 Å². The maximum absolute atomic E-state index is 12.5. The molecule has 0 unspecified atom stereocenters. The van der Waals surface area contributed by atoms with E-state index in [1.807, 2.05) is 11.5 Å². The van der Waals surface area contributed by atoms with E-state index in [0.717, 1.165) is 12.8 Å². The number of allylic oxidation sites excluding steroid dienone is 1. The Kier molecular flexibility index (Phi) is 8.54. The van der Waals surface area contributed by atoms with Crippen molar-refractivity contribution in [3.05, 3.63) is 53.3 Å². The molecule has 2 amide bonds. The number of hydrogen-bond donors (Lipinski definition) is 2. The summed E-state index contributed by atoms with van der Waals surface area (Å²) in [5.41, 5.74) is 0.514. The van der Waals surface area contributed by atoms with Crippen molar-refractivity contribution in [2.75, 3.05) is 5.75 Å². The summed E-state index contributed by atoms with van der Waals surface area (Å²) in [6.07, 6.45) is 7.45. The van der Waals surface area contributed by atoms with E-state index in [1.165, 1.54) is 31.0 Å². The van der Waals surface area contributed by atoms with E-state index >= 15 is 0 Å². The molecule has 0 bridgehead atoms. The van der Waals surface area contributed by atoms with Crippen LogP contribution in [0.3, 0.4) is 0 Å². The Bertz CT molecular complexity index is 909. The molecular formula is C22H28ClN5O2S. The summed E-state index contributed by atoms with van der Waals surface area (Å²) in [4.78, 5) is 24.9. The summed E-state index contributed by atoms with van der Waals surface area (Å²) in [7, 11) is 0. The van der Waals surface area contributed by atoms with E-state index in [2.05, 4.69) is 27.4 Å². The normalized spacial score (nSPS) is 15.3. The van der Waals surface area contributed by atoms with Crippen LogP contribution in [0.25, 0.3) is 0 Å². The average Bonchev–Trinajstić information content (AvgIpc) is 3.16. The molecule has 1 fully saturated rings. The molecule has 1 aliphatic rings. The van der Waals surface area contributed by atoms with Gasteiger partial charge in [-0.1, -0.05) is 48.7 Å². The van der Waals surface area contributed by atoms with Crippen LogP contribution in [0.1, 0.15) is 61.3 Å². The second kappa shape index (κ2) is 11.3. The zero-order valence-electron chi connectivity index (χ0n) is 17.6.